The summed E-state index contributed by atoms with van der Waals surface area (Å²) in [5, 5.41) is 3.98. The number of benzene rings is 2. The number of anilines is 2. The number of nitrogens with one attached hydrogen (secondary N) is 1. The molecule has 0 aliphatic heterocycles. The minimum atomic E-state index is 0.373. The summed E-state index contributed by atoms with van der Waals surface area (Å²) in [6.07, 6.45) is 3.47. The molecule has 0 atom stereocenters. The largest absolute Gasteiger partial charge is 0.493 e. The zero-order chi connectivity index (χ0) is 25.1. The molecule has 0 aliphatic carbocycles. The third-order valence-corrected chi connectivity index (χ3v) is 5.38. The Bertz CT molecular complexity index is 1370. The van der Waals surface area contributed by atoms with Crippen LogP contribution in [0.4, 0.5) is 11.8 Å². The number of imidazole rings is 1. The molecule has 0 bridgehead atoms. The zero-order valence-electron chi connectivity index (χ0n) is 20.5. The molecular formula is C25H27N5O5. The molecule has 1 N–H and O–H groups in total. The average molecular weight is 478 g/mol. The Kier molecular flexibility index (Phi) is 6.63. The maximum Gasteiger partial charge on any atom is 0.229 e. The van der Waals surface area contributed by atoms with Crippen LogP contribution in [-0.2, 0) is 0 Å². The number of allylic oxidation sites excluding steroid dienone is 1. The maximum absolute atomic E-state index is 5.45. The van der Waals surface area contributed by atoms with Crippen LogP contribution in [-0.4, -0.2) is 55.1 Å². The van der Waals surface area contributed by atoms with Gasteiger partial charge in [-0.1, -0.05) is 6.58 Å². The maximum atomic E-state index is 5.45. The van der Waals surface area contributed by atoms with Gasteiger partial charge in [0.25, 0.3) is 0 Å². The molecule has 2 aromatic heterocycles. The normalized spacial score (nSPS) is 10.7. The number of fused-ring (bicyclic) bond motifs is 1. The van der Waals surface area contributed by atoms with Crippen molar-refractivity contribution in [3.05, 3.63) is 49.1 Å². The predicted octanol–water partition coefficient (Wildman–Crippen LogP) is 4.64. The smallest absolute Gasteiger partial charge is 0.229 e. The molecule has 0 radical (unpaired) electrons. The molecular weight excluding hydrogens is 450 g/mol. The van der Waals surface area contributed by atoms with E-state index in [1.54, 1.807) is 41.9 Å². The van der Waals surface area contributed by atoms with Crippen LogP contribution in [0.15, 0.2) is 43.4 Å². The second kappa shape index (κ2) is 9.80. The summed E-state index contributed by atoms with van der Waals surface area (Å²) >= 11 is 0. The second-order valence-corrected chi connectivity index (χ2v) is 7.58. The molecule has 0 aliphatic rings. The topological polar surface area (TPSA) is 102 Å². The van der Waals surface area contributed by atoms with Gasteiger partial charge in [0, 0.05) is 23.6 Å². The van der Waals surface area contributed by atoms with Gasteiger partial charge >= 0.3 is 0 Å². The average Bonchev–Trinajstić information content (AvgIpc) is 3.34. The highest BCUT2D eigenvalue weighted by Crippen LogP contribution is 2.39. The number of rotatable bonds is 9. The van der Waals surface area contributed by atoms with Crippen LogP contribution < -0.4 is 29.0 Å². The van der Waals surface area contributed by atoms with E-state index in [0.29, 0.717) is 51.7 Å². The number of hydrogen-bond acceptors (Lipinski definition) is 9. The molecule has 0 fully saturated rings. The standard InChI is InChI=1S/C25H27N5O5/c1-14(2)23-16-10-18(31-3)19(32-4)11-17(16)27-25(29-23)28-22-12-30(13-26-22)15-8-20(33-5)24(35-7)21(9-15)34-6/h8-13H,1H2,2-7H3,(H,27,28,29). The summed E-state index contributed by atoms with van der Waals surface area (Å²) in [4.78, 5) is 13.8. The van der Waals surface area contributed by atoms with Crippen molar-refractivity contribution in [2.45, 2.75) is 6.92 Å². The summed E-state index contributed by atoms with van der Waals surface area (Å²) < 4.78 is 29.0. The van der Waals surface area contributed by atoms with E-state index in [-0.39, 0.29) is 0 Å². The van der Waals surface area contributed by atoms with E-state index in [9.17, 15) is 0 Å². The van der Waals surface area contributed by atoms with Crippen LogP contribution in [0.2, 0.25) is 0 Å². The number of aromatic nitrogens is 4. The van der Waals surface area contributed by atoms with Crippen LogP contribution in [0.3, 0.4) is 0 Å². The fraction of sp³-hybridized carbons (Fsp3) is 0.240. The summed E-state index contributed by atoms with van der Waals surface area (Å²) in [5.74, 6) is 3.68. The molecule has 4 rings (SSSR count). The van der Waals surface area contributed by atoms with Gasteiger partial charge in [-0.25, -0.2) is 15.0 Å². The van der Waals surface area contributed by atoms with Crippen molar-refractivity contribution < 1.29 is 23.7 Å². The predicted molar refractivity (Wildman–Crippen MR) is 134 cm³/mol. The molecule has 2 aromatic carbocycles. The lowest BCUT2D eigenvalue weighted by atomic mass is 10.1. The first-order valence-corrected chi connectivity index (χ1v) is 10.6. The van der Waals surface area contributed by atoms with Crippen molar-refractivity contribution in [1.82, 2.24) is 19.5 Å². The lowest BCUT2D eigenvalue weighted by Gasteiger charge is -2.14. The van der Waals surface area contributed by atoms with Crippen LogP contribution in [0.1, 0.15) is 12.6 Å². The monoisotopic (exact) mass is 477 g/mol. The highest BCUT2D eigenvalue weighted by Gasteiger charge is 2.16. The van der Waals surface area contributed by atoms with Gasteiger partial charge in [-0.05, 0) is 18.6 Å². The molecule has 0 amide bonds. The van der Waals surface area contributed by atoms with E-state index in [0.717, 1.165) is 16.6 Å². The molecule has 2 heterocycles. The van der Waals surface area contributed by atoms with E-state index in [1.165, 1.54) is 0 Å². The Balaban J connectivity index is 1.72. The Morgan fingerprint density at radius 3 is 2.03 bits per heavy atom. The van der Waals surface area contributed by atoms with Gasteiger partial charge in [-0.2, -0.15) is 0 Å². The first-order chi connectivity index (χ1) is 16.9. The summed E-state index contributed by atoms with van der Waals surface area (Å²) in [6.45, 7) is 5.96. The van der Waals surface area contributed by atoms with Gasteiger partial charge in [-0.3, -0.25) is 0 Å². The van der Waals surface area contributed by atoms with Gasteiger partial charge in [-0.15, -0.1) is 0 Å². The number of nitrogens with zero attached hydrogens (tertiary/aromatic N) is 4. The van der Waals surface area contributed by atoms with E-state index in [1.807, 2.05) is 42.0 Å². The van der Waals surface area contributed by atoms with Crippen molar-refractivity contribution in [3.63, 3.8) is 0 Å². The zero-order valence-corrected chi connectivity index (χ0v) is 20.5. The van der Waals surface area contributed by atoms with Crippen molar-refractivity contribution in [2.75, 3.05) is 40.9 Å². The molecule has 35 heavy (non-hydrogen) atoms. The Morgan fingerprint density at radius 2 is 1.46 bits per heavy atom. The Hall–Kier alpha value is -4.47. The molecule has 0 unspecified atom stereocenters. The number of hydrogen-bond donors (Lipinski definition) is 1. The Morgan fingerprint density at radius 1 is 0.829 bits per heavy atom. The quantitative estimate of drug-likeness (QED) is 0.369. The van der Waals surface area contributed by atoms with Crippen molar-refractivity contribution in [2.24, 2.45) is 0 Å². The van der Waals surface area contributed by atoms with E-state index in [2.05, 4.69) is 26.8 Å². The molecule has 4 aromatic rings. The first kappa shape index (κ1) is 23.7. The lowest BCUT2D eigenvalue weighted by Crippen LogP contribution is -2.02. The van der Waals surface area contributed by atoms with Crippen molar-refractivity contribution >= 4 is 28.2 Å². The summed E-state index contributed by atoms with van der Waals surface area (Å²) in [5.41, 5.74) is 2.94. The van der Waals surface area contributed by atoms with Gasteiger partial charge in [0.2, 0.25) is 11.7 Å². The molecule has 0 spiro atoms. The third kappa shape index (κ3) is 4.50. The van der Waals surface area contributed by atoms with Gasteiger partial charge < -0.3 is 33.6 Å². The van der Waals surface area contributed by atoms with Crippen LogP contribution >= 0.6 is 0 Å². The van der Waals surface area contributed by atoms with Crippen molar-refractivity contribution in [1.29, 1.82) is 0 Å². The second-order valence-electron chi connectivity index (χ2n) is 7.58. The van der Waals surface area contributed by atoms with E-state index < -0.39 is 0 Å². The van der Waals surface area contributed by atoms with Gasteiger partial charge in [0.1, 0.15) is 6.33 Å². The minimum Gasteiger partial charge on any atom is -0.493 e. The van der Waals surface area contributed by atoms with Gasteiger partial charge in [0.05, 0.1) is 58.6 Å². The summed E-state index contributed by atoms with van der Waals surface area (Å²) in [7, 11) is 7.88. The van der Waals surface area contributed by atoms with Crippen LogP contribution in [0, 0.1) is 0 Å². The number of ether oxygens (including phenoxy) is 5. The van der Waals surface area contributed by atoms with Crippen molar-refractivity contribution in [3.8, 4) is 34.4 Å². The molecule has 0 saturated heterocycles. The third-order valence-electron chi connectivity index (χ3n) is 5.38. The number of methoxy groups -OCH3 is 5. The molecule has 10 heteroatoms. The van der Waals surface area contributed by atoms with E-state index >= 15 is 0 Å². The van der Waals surface area contributed by atoms with Crippen LogP contribution in [0.5, 0.6) is 28.7 Å². The highest BCUT2D eigenvalue weighted by atomic mass is 16.5. The summed E-state index contributed by atoms with van der Waals surface area (Å²) in [6, 6.07) is 7.32. The SMILES string of the molecule is C=C(C)c1nc(Nc2cn(-c3cc(OC)c(OC)c(OC)c3)cn2)nc2cc(OC)c(OC)cc12. The molecule has 0 saturated carbocycles. The van der Waals surface area contributed by atoms with Crippen LogP contribution in [0.25, 0.3) is 22.2 Å². The van der Waals surface area contributed by atoms with Gasteiger partial charge in [0.15, 0.2) is 28.8 Å². The molecule has 10 nitrogen and oxygen atoms in total. The molecule has 182 valence electrons. The van der Waals surface area contributed by atoms with E-state index in [4.69, 9.17) is 23.7 Å². The first-order valence-electron chi connectivity index (χ1n) is 10.6. The lowest BCUT2D eigenvalue weighted by molar-refractivity contribution is 0.324. The minimum absolute atomic E-state index is 0.373. The Labute approximate surface area is 203 Å². The highest BCUT2D eigenvalue weighted by molar-refractivity contribution is 5.92. The fourth-order valence-corrected chi connectivity index (χ4v) is 3.70. The fourth-order valence-electron chi connectivity index (χ4n) is 3.70.